The van der Waals surface area contributed by atoms with E-state index in [1.165, 1.54) is 19.3 Å². The molecule has 0 rings (SSSR count). The van der Waals surface area contributed by atoms with Crippen molar-refractivity contribution in [2.45, 2.75) is 58.8 Å². The van der Waals surface area contributed by atoms with Crippen LogP contribution in [0.25, 0.3) is 0 Å². The highest BCUT2D eigenvalue weighted by atomic mass is 16.4. The highest BCUT2D eigenvalue weighted by Crippen LogP contribution is 2.08. The number of rotatable bonds is 9. The zero-order valence-electron chi connectivity index (χ0n) is 10.0. The summed E-state index contributed by atoms with van der Waals surface area (Å²) in [4.78, 5) is 10.2. The minimum atomic E-state index is -0.694. The number of aliphatic carboxylic acids is 1. The monoisotopic (exact) mass is 212 g/mol. The molecular formula is C13H24O2. The second kappa shape index (κ2) is 9.75. The van der Waals surface area contributed by atoms with E-state index in [-0.39, 0.29) is 6.42 Å². The van der Waals surface area contributed by atoms with Gasteiger partial charge in [-0.1, -0.05) is 38.8 Å². The molecule has 0 radical (unpaired) electrons. The second-order valence-corrected chi connectivity index (χ2v) is 4.44. The van der Waals surface area contributed by atoms with E-state index in [0.29, 0.717) is 0 Å². The van der Waals surface area contributed by atoms with Crippen LogP contribution >= 0.6 is 0 Å². The van der Waals surface area contributed by atoms with Gasteiger partial charge in [0.15, 0.2) is 0 Å². The number of carboxylic acids is 1. The van der Waals surface area contributed by atoms with E-state index in [1.807, 2.05) is 0 Å². The van der Waals surface area contributed by atoms with E-state index in [1.54, 1.807) is 0 Å². The van der Waals surface area contributed by atoms with Gasteiger partial charge < -0.3 is 5.11 Å². The highest BCUT2D eigenvalue weighted by Gasteiger charge is 1.94. The number of hydrogen-bond donors (Lipinski definition) is 1. The van der Waals surface area contributed by atoms with Crippen molar-refractivity contribution in [1.82, 2.24) is 0 Å². The first-order chi connectivity index (χ1) is 7.13. The minimum Gasteiger partial charge on any atom is -0.481 e. The summed E-state index contributed by atoms with van der Waals surface area (Å²) < 4.78 is 0. The third-order valence-corrected chi connectivity index (χ3v) is 2.33. The van der Waals surface area contributed by atoms with E-state index < -0.39 is 5.97 Å². The quantitative estimate of drug-likeness (QED) is 0.463. The number of unbranched alkanes of at least 4 members (excludes halogenated alkanes) is 3. The smallest absolute Gasteiger partial charge is 0.303 e. The van der Waals surface area contributed by atoms with Crippen LogP contribution in [0.3, 0.4) is 0 Å². The standard InChI is InChI=1S/C13H24O2/c1-12(2)10-8-6-4-3-5-7-9-11-13(14)15/h3,5,12H,4,6-11H2,1-2H3,(H,14,15)/b5-3-. The average Bonchev–Trinajstić information content (AvgIpc) is 2.14. The fraction of sp³-hybridized carbons (Fsp3) is 0.769. The molecule has 0 aromatic carbocycles. The normalized spacial score (nSPS) is 11.4. The Morgan fingerprint density at radius 3 is 2.27 bits per heavy atom. The zero-order valence-corrected chi connectivity index (χ0v) is 10.0. The molecule has 0 bridgehead atoms. The van der Waals surface area contributed by atoms with Crippen LogP contribution in [-0.4, -0.2) is 11.1 Å². The van der Waals surface area contributed by atoms with Gasteiger partial charge in [0.05, 0.1) is 0 Å². The molecule has 0 aromatic heterocycles. The Balaban J connectivity index is 3.14. The molecule has 15 heavy (non-hydrogen) atoms. The summed E-state index contributed by atoms with van der Waals surface area (Å²) in [5, 5.41) is 8.41. The van der Waals surface area contributed by atoms with Gasteiger partial charge in [-0.25, -0.2) is 0 Å². The lowest BCUT2D eigenvalue weighted by Gasteiger charge is -2.01. The molecule has 0 heterocycles. The third kappa shape index (κ3) is 13.2. The van der Waals surface area contributed by atoms with Gasteiger partial charge in [0.1, 0.15) is 0 Å². The largest absolute Gasteiger partial charge is 0.481 e. The van der Waals surface area contributed by atoms with Crippen molar-refractivity contribution >= 4 is 5.97 Å². The lowest BCUT2D eigenvalue weighted by Crippen LogP contribution is -1.92. The van der Waals surface area contributed by atoms with Gasteiger partial charge in [0.25, 0.3) is 0 Å². The van der Waals surface area contributed by atoms with Gasteiger partial charge >= 0.3 is 5.97 Å². The number of allylic oxidation sites excluding steroid dienone is 2. The Morgan fingerprint density at radius 1 is 1.13 bits per heavy atom. The lowest BCUT2D eigenvalue weighted by molar-refractivity contribution is -0.137. The number of carbonyl (C=O) groups is 1. The summed E-state index contributed by atoms with van der Waals surface area (Å²) in [6.07, 6.45) is 11.3. The number of hydrogen-bond acceptors (Lipinski definition) is 1. The third-order valence-electron chi connectivity index (χ3n) is 2.33. The van der Waals surface area contributed by atoms with Gasteiger partial charge in [-0.15, -0.1) is 0 Å². The Labute approximate surface area is 93.4 Å². The van der Waals surface area contributed by atoms with Crippen molar-refractivity contribution in [1.29, 1.82) is 0 Å². The molecule has 0 spiro atoms. The maximum atomic E-state index is 10.2. The first-order valence-electron chi connectivity index (χ1n) is 5.99. The minimum absolute atomic E-state index is 0.289. The lowest BCUT2D eigenvalue weighted by atomic mass is 10.1. The van der Waals surface area contributed by atoms with Crippen molar-refractivity contribution in [2.75, 3.05) is 0 Å². The zero-order chi connectivity index (χ0) is 11.5. The van der Waals surface area contributed by atoms with E-state index in [0.717, 1.165) is 25.2 Å². The molecule has 0 unspecified atom stereocenters. The van der Waals surface area contributed by atoms with Crippen LogP contribution in [0.4, 0.5) is 0 Å². The first-order valence-corrected chi connectivity index (χ1v) is 5.99. The fourth-order valence-corrected chi connectivity index (χ4v) is 1.42. The summed E-state index contributed by atoms with van der Waals surface area (Å²) in [6, 6.07) is 0. The summed E-state index contributed by atoms with van der Waals surface area (Å²) in [6.45, 7) is 4.50. The van der Waals surface area contributed by atoms with E-state index >= 15 is 0 Å². The highest BCUT2D eigenvalue weighted by molar-refractivity contribution is 5.66. The van der Waals surface area contributed by atoms with Crippen molar-refractivity contribution in [3.05, 3.63) is 12.2 Å². The predicted octanol–water partition coefficient (Wildman–Crippen LogP) is 4.01. The van der Waals surface area contributed by atoms with Crippen molar-refractivity contribution in [2.24, 2.45) is 5.92 Å². The van der Waals surface area contributed by atoms with Crippen LogP contribution in [0.15, 0.2) is 12.2 Å². The second-order valence-electron chi connectivity index (χ2n) is 4.44. The molecule has 1 N–H and O–H groups in total. The molecule has 0 aliphatic carbocycles. The molecular weight excluding hydrogens is 188 g/mol. The van der Waals surface area contributed by atoms with Crippen LogP contribution in [-0.2, 0) is 4.79 Å². The SMILES string of the molecule is CC(C)CCCC/C=C\CCCC(=O)O. The van der Waals surface area contributed by atoms with Gasteiger partial charge in [0.2, 0.25) is 0 Å². The summed E-state index contributed by atoms with van der Waals surface area (Å²) in [5.74, 6) is 0.116. The van der Waals surface area contributed by atoms with Crippen LogP contribution in [0.1, 0.15) is 58.8 Å². The molecule has 0 aliphatic rings. The molecule has 0 saturated heterocycles. The van der Waals surface area contributed by atoms with Crippen LogP contribution in [0.5, 0.6) is 0 Å². The van der Waals surface area contributed by atoms with Crippen LogP contribution in [0, 0.1) is 5.92 Å². The summed E-state index contributed by atoms with van der Waals surface area (Å²) in [7, 11) is 0. The van der Waals surface area contributed by atoms with E-state index in [2.05, 4.69) is 26.0 Å². The van der Waals surface area contributed by atoms with Gasteiger partial charge in [-0.3, -0.25) is 4.79 Å². The van der Waals surface area contributed by atoms with Gasteiger partial charge in [0, 0.05) is 6.42 Å². The predicted molar refractivity (Wildman–Crippen MR) is 63.9 cm³/mol. The van der Waals surface area contributed by atoms with Crippen molar-refractivity contribution in [3.8, 4) is 0 Å². The molecule has 2 heteroatoms. The van der Waals surface area contributed by atoms with Crippen molar-refractivity contribution in [3.63, 3.8) is 0 Å². The molecule has 0 aliphatic heterocycles. The maximum Gasteiger partial charge on any atom is 0.303 e. The average molecular weight is 212 g/mol. The molecule has 0 atom stereocenters. The maximum absolute atomic E-state index is 10.2. The molecule has 0 fully saturated rings. The Kier molecular flexibility index (Phi) is 9.24. The van der Waals surface area contributed by atoms with Crippen molar-refractivity contribution < 1.29 is 9.90 Å². The van der Waals surface area contributed by atoms with E-state index in [4.69, 9.17) is 5.11 Å². The Hall–Kier alpha value is -0.790. The topological polar surface area (TPSA) is 37.3 Å². The van der Waals surface area contributed by atoms with Gasteiger partial charge in [-0.2, -0.15) is 0 Å². The summed E-state index contributed by atoms with van der Waals surface area (Å²) in [5.41, 5.74) is 0. The van der Waals surface area contributed by atoms with Crippen LogP contribution < -0.4 is 0 Å². The Morgan fingerprint density at radius 2 is 1.73 bits per heavy atom. The van der Waals surface area contributed by atoms with Gasteiger partial charge in [-0.05, 0) is 31.6 Å². The Bertz CT molecular complexity index is 183. The first kappa shape index (κ1) is 14.2. The van der Waals surface area contributed by atoms with Crippen LogP contribution in [0.2, 0.25) is 0 Å². The molecule has 0 saturated carbocycles. The van der Waals surface area contributed by atoms with E-state index in [9.17, 15) is 4.79 Å². The fourth-order valence-electron chi connectivity index (χ4n) is 1.42. The summed E-state index contributed by atoms with van der Waals surface area (Å²) >= 11 is 0. The molecule has 2 nitrogen and oxygen atoms in total. The molecule has 0 aromatic rings. The molecule has 88 valence electrons. The number of carboxylic acid groups (broad SMARTS) is 1. The molecule has 0 amide bonds.